The Morgan fingerprint density at radius 1 is 0.312 bits per heavy atom. The average molecular weight is 638 g/mol. The van der Waals surface area contributed by atoms with Gasteiger partial charge in [0.25, 0.3) is 0 Å². The Balaban J connectivity index is 0.000000164. The van der Waals surface area contributed by atoms with Gasteiger partial charge in [0.05, 0.1) is 14.2 Å². The van der Waals surface area contributed by atoms with Crippen molar-refractivity contribution < 1.29 is 9.47 Å². The number of rotatable bonds is 8. The van der Waals surface area contributed by atoms with E-state index in [1.807, 2.05) is 67.7 Å². The van der Waals surface area contributed by atoms with Gasteiger partial charge in [-0.25, -0.2) is 0 Å². The van der Waals surface area contributed by atoms with E-state index in [0.29, 0.717) is 0 Å². The summed E-state index contributed by atoms with van der Waals surface area (Å²) in [5.41, 5.74) is 9.66. The van der Waals surface area contributed by atoms with E-state index in [4.69, 9.17) is 9.47 Å². The maximum Gasteiger partial charge on any atom is 0.119 e. The molecule has 5 nitrogen and oxygen atoms in total. The van der Waals surface area contributed by atoms with Gasteiger partial charge in [-0.3, -0.25) is 0 Å². The third-order valence-corrected chi connectivity index (χ3v) is 8.05. The van der Waals surface area contributed by atoms with Crippen LogP contribution in [-0.4, -0.2) is 35.4 Å². The van der Waals surface area contributed by atoms with E-state index in [1.54, 1.807) is 14.2 Å². The van der Waals surface area contributed by atoms with E-state index in [9.17, 15) is 0 Å². The smallest absolute Gasteiger partial charge is 0.119 e. The quantitative estimate of drug-likeness (QED) is 0.166. The number of hydrogen-bond donors (Lipinski definition) is 0. The molecular weight excluding hydrogens is 590 g/mol. The van der Waals surface area contributed by atoms with Crippen molar-refractivity contribution in [3.63, 3.8) is 0 Å². The Labute approximate surface area is 287 Å². The molecule has 0 unspecified atom stereocenters. The van der Waals surface area contributed by atoms with Crippen molar-refractivity contribution in [1.82, 2.24) is 0 Å². The molecule has 0 heterocycles. The molecule has 0 amide bonds. The number of para-hydroxylation sites is 2. The topological polar surface area (TPSA) is 28.2 Å². The molecule has 0 saturated carbocycles. The van der Waals surface area contributed by atoms with Crippen molar-refractivity contribution in [2.45, 2.75) is 13.8 Å². The maximum atomic E-state index is 5.15. The fraction of sp³-hybridized carbons (Fsp3) is 0.163. The van der Waals surface area contributed by atoms with Crippen LogP contribution in [0.1, 0.15) is 11.1 Å². The van der Waals surface area contributed by atoms with Crippen molar-refractivity contribution in [2.24, 2.45) is 0 Å². The lowest BCUT2D eigenvalue weighted by Crippen LogP contribution is -2.08. The number of ether oxygens (including phenoxy) is 2. The van der Waals surface area contributed by atoms with Gasteiger partial charge in [-0.15, -0.1) is 0 Å². The standard InChI is InChI=1S/C15H17NO2.C15H17N.C13H13N/c1-16(12-4-8-14(17-2)9-5-12)13-6-10-15(18-3)11-7-13;1-12-4-8-14(9-5-12)16(3)15-10-6-13(2)7-11-15;1-14(12-8-4-2-5-9-12)13-10-6-3-7-11-13/h4-11H,1-3H3;4-11H,1-3H3;2-11H,1H3. The van der Waals surface area contributed by atoms with Gasteiger partial charge in [-0.05, 0) is 111 Å². The molecule has 0 aliphatic carbocycles. The zero-order valence-electron chi connectivity index (χ0n) is 29.2. The van der Waals surface area contributed by atoms with E-state index >= 15 is 0 Å². The SMILES string of the molecule is CN(c1ccccc1)c1ccccc1.COc1ccc(N(C)c2ccc(OC)cc2)cc1.Cc1ccc(N(C)c2ccc(C)cc2)cc1. The van der Waals surface area contributed by atoms with Gasteiger partial charge in [0.2, 0.25) is 0 Å². The number of benzene rings is 6. The highest BCUT2D eigenvalue weighted by Crippen LogP contribution is 2.27. The minimum Gasteiger partial charge on any atom is -0.497 e. The van der Waals surface area contributed by atoms with Crippen LogP contribution in [0.4, 0.5) is 34.1 Å². The second-order valence-electron chi connectivity index (χ2n) is 11.4. The first-order chi connectivity index (χ1) is 23.3. The molecule has 6 rings (SSSR count). The summed E-state index contributed by atoms with van der Waals surface area (Å²) in [7, 11) is 9.54. The van der Waals surface area contributed by atoms with Crippen molar-refractivity contribution in [3.8, 4) is 11.5 Å². The Kier molecular flexibility index (Phi) is 13.1. The fourth-order valence-electron chi connectivity index (χ4n) is 4.90. The minimum atomic E-state index is 0.863. The summed E-state index contributed by atoms with van der Waals surface area (Å²) in [5.74, 6) is 1.73. The van der Waals surface area contributed by atoms with Gasteiger partial charge in [0.1, 0.15) is 11.5 Å². The highest BCUT2D eigenvalue weighted by molar-refractivity contribution is 5.65. The number of hydrogen-bond acceptors (Lipinski definition) is 5. The lowest BCUT2D eigenvalue weighted by molar-refractivity contribution is 0.415. The van der Waals surface area contributed by atoms with Crippen LogP contribution >= 0.6 is 0 Å². The molecule has 246 valence electrons. The fourth-order valence-corrected chi connectivity index (χ4v) is 4.90. The van der Waals surface area contributed by atoms with Crippen LogP contribution in [0.5, 0.6) is 11.5 Å². The number of anilines is 6. The molecule has 5 heteroatoms. The summed E-state index contributed by atoms with van der Waals surface area (Å²) in [5, 5.41) is 0. The van der Waals surface area contributed by atoms with E-state index in [0.717, 1.165) is 22.9 Å². The third kappa shape index (κ3) is 10.2. The molecule has 6 aromatic rings. The first kappa shape index (κ1) is 35.2. The second kappa shape index (κ2) is 17.9. The molecule has 0 atom stereocenters. The molecule has 48 heavy (non-hydrogen) atoms. The summed E-state index contributed by atoms with van der Waals surface area (Å²) in [6.45, 7) is 4.21. The predicted molar refractivity (Wildman–Crippen MR) is 205 cm³/mol. The van der Waals surface area contributed by atoms with Crippen LogP contribution in [0.2, 0.25) is 0 Å². The van der Waals surface area contributed by atoms with Crippen molar-refractivity contribution in [1.29, 1.82) is 0 Å². The van der Waals surface area contributed by atoms with Gasteiger partial charge in [-0.2, -0.15) is 0 Å². The van der Waals surface area contributed by atoms with Crippen LogP contribution < -0.4 is 24.2 Å². The van der Waals surface area contributed by atoms with E-state index in [-0.39, 0.29) is 0 Å². The minimum absolute atomic E-state index is 0.863. The van der Waals surface area contributed by atoms with Crippen molar-refractivity contribution in [2.75, 3.05) is 50.1 Å². The van der Waals surface area contributed by atoms with Crippen LogP contribution in [0, 0.1) is 13.8 Å². The highest BCUT2D eigenvalue weighted by Gasteiger charge is 2.05. The molecular formula is C43H47N3O2. The third-order valence-electron chi connectivity index (χ3n) is 8.05. The van der Waals surface area contributed by atoms with Gasteiger partial charge >= 0.3 is 0 Å². The summed E-state index contributed by atoms with van der Waals surface area (Å²) < 4.78 is 10.3. The van der Waals surface area contributed by atoms with Gasteiger partial charge in [-0.1, -0.05) is 71.8 Å². The molecule has 6 aromatic carbocycles. The predicted octanol–water partition coefficient (Wildman–Crippen LogP) is 11.0. The Bertz CT molecular complexity index is 1620. The largest absolute Gasteiger partial charge is 0.497 e. The van der Waals surface area contributed by atoms with Crippen LogP contribution in [0.15, 0.2) is 158 Å². The first-order valence-corrected chi connectivity index (χ1v) is 16.0. The molecule has 0 bridgehead atoms. The molecule has 0 radical (unpaired) electrons. The Hall–Kier alpha value is -5.68. The van der Waals surface area contributed by atoms with Crippen molar-refractivity contribution in [3.05, 3.63) is 169 Å². The molecule has 0 aromatic heterocycles. The summed E-state index contributed by atoms with van der Waals surface area (Å²) >= 11 is 0. The van der Waals surface area contributed by atoms with Crippen molar-refractivity contribution >= 4 is 34.1 Å². The zero-order chi connectivity index (χ0) is 34.3. The maximum absolute atomic E-state index is 5.15. The second-order valence-corrected chi connectivity index (χ2v) is 11.4. The highest BCUT2D eigenvalue weighted by atomic mass is 16.5. The summed E-state index contributed by atoms with van der Waals surface area (Å²) in [4.78, 5) is 6.47. The molecule has 0 aliphatic heterocycles. The van der Waals surface area contributed by atoms with E-state index in [1.165, 1.54) is 33.9 Å². The first-order valence-electron chi connectivity index (χ1n) is 16.0. The molecule has 0 spiro atoms. The Morgan fingerprint density at radius 3 is 0.792 bits per heavy atom. The monoisotopic (exact) mass is 637 g/mol. The molecule has 0 N–H and O–H groups in total. The number of aryl methyl sites for hydroxylation is 2. The normalized spacial score (nSPS) is 9.98. The van der Waals surface area contributed by atoms with E-state index in [2.05, 4.69) is 140 Å². The zero-order valence-corrected chi connectivity index (χ0v) is 29.2. The number of nitrogens with zero attached hydrogens (tertiary/aromatic N) is 3. The lowest BCUT2D eigenvalue weighted by atomic mass is 10.2. The summed E-state index contributed by atoms with van der Waals surface area (Å²) in [6, 6.07) is 53.8. The number of methoxy groups -OCH3 is 2. The lowest BCUT2D eigenvalue weighted by Gasteiger charge is -2.20. The van der Waals surface area contributed by atoms with Crippen LogP contribution in [-0.2, 0) is 0 Å². The van der Waals surface area contributed by atoms with Gasteiger partial charge in [0, 0.05) is 55.3 Å². The average Bonchev–Trinajstić information content (AvgIpc) is 3.16. The van der Waals surface area contributed by atoms with Gasteiger partial charge in [0.15, 0.2) is 0 Å². The van der Waals surface area contributed by atoms with Crippen LogP contribution in [0.3, 0.4) is 0 Å². The summed E-state index contributed by atoms with van der Waals surface area (Å²) in [6.07, 6.45) is 0. The van der Waals surface area contributed by atoms with E-state index < -0.39 is 0 Å². The molecule has 0 saturated heterocycles. The molecule has 0 aliphatic rings. The van der Waals surface area contributed by atoms with Crippen LogP contribution in [0.25, 0.3) is 0 Å². The van der Waals surface area contributed by atoms with Gasteiger partial charge < -0.3 is 24.2 Å². The Morgan fingerprint density at radius 2 is 0.542 bits per heavy atom. The molecule has 0 fully saturated rings.